The number of hydrogen-bond acceptors (Lipinski definition) is 7. The molecule has 3 aromatic carbocycles. The molecule has 0 radical (unpaired) electrons. The van der Waals surface area contributed by atoms with Gasteiger partial charge >= 0.3 is 5.97 Å². The van der Waals surface area contributed by atoms with Gasteiger partial charge in [-0.1, -0.05) is 74.5 Å². The predicted octanol–water partition coefficient (Wildman–Crippen LogP) is 7.00. The van der Waals surface area contributed by atoms with E-state index in [4.69, 9.17) is 4.74 Å². The Morgan fingerprint density at radius 1 is 0.786 bits per heavy atom. The van der Waals surface area contributed by atoms with Crippen LogP contribution in [0, 0.1) is 11.8 Å². The Hall–Kier alpha value is -5.09. The Balaban J connectivity index is 1.07. The van der Waals surface area contributed by atoms with E-state index in [1.807, 2.05) is 107 Å². The molecular weight excluding hydrogens is 705 g/mol. The van der Waals surface area contributed by atoms with Gasteiger partial charge in [-0.25, -0.2) is 0 Å². The molecule has 6 rings (SSSR count). The molecule has 2 aliphatic rings. The van der Waals surface area contributed by atoms with Crippen LogP contribution in [0.2, 0.25) is 0 Å². The Morgan fingerprint density at radius 3 is 1.96 bits per heavy atom. The van der Waals surface area contributed by atoms with Crippen LogP contribution in [0.4, 0.5) is 0 Å². The average molecular weight is 761 g/mol. The number of nitrogens with zero attached hydrogens (tertiary/aromatic N) is 2. The molecule has 0 aliphatic carbocycles. The molecule has 0 unspecified atom stereocenters. The monoisotopic (exact) mass is 760 g/mol. The molecule has 2 aliphatic heterocycles. The number of hydrogen-bond donors (Lipinski definition) is 2. The summed E-state index contributed by atoms with van der Waals surface area (Å²) in [6, 6.07) is 24.1. The summed E-state index contributed by atoms with van der Waals surface area (Å²) < 4.78 is 5.51. The van der Waals surface area contributed by atoms with Crippen molar-refractivity contribution in [1.82, 2.24) is 20.1 Å². The van der Waals surface area contributed by atoms with E-state index in [0.717, 1.165) is 51.7 Å². The Bertz CT molecular complexity index is 2050. The van der Waals surface area contributed by atoms with Crippen molar-refractivity contribution in [1.29, 1.82) is 0 Å². The Kier molecular flexibility index (Phi) is 12.6. The molecule has 4 atom stereocenters. The van der Waals surface area contributed by atoms with Crippen molar-refractivity contribution in [3.05, 3.63) is 95.6 Å². The van der Waals surface area contributed by atoms with Crippen LogP contribution in [0.1, 0.15) is 89.5 Å². The molecule has 10 nitrogen and oxygen atoms in total. The van der Waals surface area contributed by atoms with Crippen LogP contribution in [-0.4, -0.2) is 82.0 Å². The molecule has 2 saturated heterocycles. The van der Waals surface area contributed by atoms with Crippen molar-refractivity contribution in [3.8, 4) is 11.3 Å². The second kappa shape index (κ2) is 17.4. The fraction of sp³-hybridized carbons (Fsp3) is 0.457. The first-order valence-electron chi connectivity index (χ1n) is 20.0. The van der Waals surface area contributed by atoms with Crippen LogP contribution in [0.15, 0.2) is 78.9 Å². The predicted molar refractivity (Wildman–Crippen MR) is 218 cm³/mol. The van der Waals surface area contributed by atoms with Crippen molar-refractivity contribution < 1.29 is 28.7 Å². The summed E-state index contributed by atoms with van der Waals surface area (Å²) in [5.74, 6) is -1.20. The number of likely N-dealkylation sites (N-methyl/N-ethyl adjacent to an activating group) is 1. The molecule has 0 bridgehead atoms. The highest BCUT2D eigenvalue weighted by Gasteiger charge is 2.39. The molecule has 2 fully saturated rings. The number of carbonyl (C=O) groups is 5. The minimum absolute atomic E-state index is 0.000745. The number of Topliss-reactive ketones (excluding diaryl/α,β-unsaturated/α-hetero) is 2. The minimum atomic E-state index is -0.633. The fourth-order valence-corrected chi connectivity index (χ4v) is 8.25. The summed E-state index contributed by atoms with van der Waals surface area (Å²) in [7, 11) is 1.77. The van der Waals surface area contributed by atoms with Crippen molar-refractivity contribution in [2.24, 2.45) is 11.8 Å². The van der Waals surface area contributed by atoms with Gasteiger partial charge in [-0.15, -0.1) is 0 Å². The molecule has 56 heavy (non-hydrogen) atoms. The topological polar surface area (TPSA) is 129 Å². The number of aromatic nitrogens is 1. The van der Waals surface area contributed by atoms with Gasteiger partial charge in [-0.2, -0.15) is 0 Å². The second-order valence-electron chi connectivity index (χ2n) is 16.7. The lowest BCUT2D eigenvalue weighted by Gasteiger charge is -2.30. The van der Waals surface area contributed by atoms with E-state index in [2.05, 4.69) is 16.4 Å². The molecule has 0 saturated carbocycles. The van der Waals surface area contributed by atoms with Gasteiger partial charge in [0.15, 0.2) is 11.6 Å². The Morgan fingerprint density at radius 2 is 1.38 bits per heavy atom. The molecule has 296 valence electrons. The molecule has 2 amide bonds. The van der Waals surface area contributed by atoms with Crippen LogP contribution in [0.3, 0.4) is 0 Å². The molecule has 0 spiro atoms. The molecule has 10 heteroatoms. The zero-order valence-electron chi connectivity index (χ0n) is 33.6. The number of amides is 2. The highest BCUT2D eigenvalue weighted by molar-refractivity contribution is 5.95. The van der Waals surface area contributed by atoms with Gasteiger partial charge in [-0.05, 0) is 99.9 Å². The number of likely N-dealkylation sites (tertiary alicyclic amines) is 2. The van der Waals surface area contributed by atoms with E-state index < -0.39 is 35.6 Å². The highest BCUT2D eigenvalue weighted by atomic mass is 16.6. The largest absolute Gasteiger partial charge is 0.460 e. The smallest absolute Gasteiger partial charge is 0.307 e. The van der Waals surface area contributed by atoms with Gasteiger partial charge in [-0.3, -0.25) is 24.0 Å². The number of ketones is 2. The first-order chi connectivity index (χ1) is 26.7. The van der Waals surface area contributed by atoms with Gasteiger partial charge < -0.3 is 24.8 Å². The molecule has 3 heterocycles. The van der Waals surface area contributed by atoms with Crippen LogP contribution in [0.5, 0.6) is 0 Å². The zero-order valence-corrected chi connectivity index (χ0v) is 33.6. The van der Waals surface area contributed by atoms with Crippen molar-refractivity contribution in [3.63, 3.8) is 0 Å². The summed E-state index contributed by atoms with van der Waals surface area (Å²) in [4.78, 5) is 74.1. The van der Waals surface area contributed by atoms with Gasteiger partial charge in [0.1, 0.15) is 11.6 Å². The summed E-state index contributed by atoms with van der Waals surface area (Å²) in [6.45, 7) is 10.4. The van der Waals surface area contributed by atoms with E-state index in [0.29, 0.717) is 25.9 Å². The third-order valence-corrected chi connectivity index (χ3v) is 11.1. The van der Waals surface area contributed by atoms with E-state index in [1.165, 1.54) is 0 Å². The Labute approximate surface area is 330 Å². The lowest BCUT2D eigenvalue weighted by molar-refractivity contribution is -0.159. The number of H-pyrrole nitrogens is 1. The van der Waals surface area contributed by atoms with Crippen LogP contribution in [-0.2, 0) is 41.6 Å². The minimum Gasteiger partial charge on any atom is -0.460 e. The first-order valence-corrected chi connectivity index (χ1v) is 20.0. The number of esters is 1. The van der Waals surface area contributed by atoms with Gasteiger partial charge in [0.25, 0.3) is 0 Å². The summed E-state index contributed by atoms with van der Waals surface area (Å²) in [5.41, 5.74) is 4.86. The first kappa shape index (κ1) is 40.6. The number of fused-ring (bicyclic) bond motifs is 1. The van der Waals surface area contributed by atoms with Gasteiger partial charge in [0.05, 0.1) is 24.4 Å². The maximum atomic E-state index is 13.7. The lowest BCUT2D eigenvalue weighted by atomic mass is 9.90. The van der Waals surface area contributed by atoms with Crippen LogP contribution < -0.4 is 5.32 Å². The van der Waals surface area contributed by atoms with Crippen molar-refractivity contribution in [2.45, 2.75) is 103 Å². The number of aromatic amines is 1. The number of rotatable bonds is 14. The number of nitrogens with one attached hydrogen (secondary N) is 2. The average Bonchev–Trinajstić information content (AvgIpc) is 3.94. The maximum Gasteiger partial charge on any atom is 0.307 e. The fourth-order valence-electron chi connectivity index (χ4n) is 8.25. The van der Waals surface area contributed by atoms with E-state index in [-0.39, 0.29) is 48.6 Å². The quantitative estimate of drug-likeness (QED) is 0.133. The highest BCUT2D eigenvalue weighted by Crippen LogP contribution is 2.30. The van der Waals surface area contributed by atoms with Crippen molar-refractivity contribution >= 4 is 40.3 Å². The van der Waals surface area contributed by atoms with Crippen molar-refractivity contribution in [2.75, 3.05) is 20.1 Å². The van der Waals surface area contributed by atoms with Crippen LogP contribution in [0.25, 0.3) is 22.2 Å². The second-order valence-corrected chi connectivity index (χ2v) is 16.7. The summed E-state index contributed by atoms with van der Waals surface area (Å²) in [5, 5.41) is 4.12. The molecular formula is C46H56N4O6. The normalized spacial score (nSPS) is 18.3. The third-order valence-electron chi connectivity index (χ3n) is 11.1. The van der Waals surface area contributed by atoms with Crippen LogP contribution >= 0.6 is 0 Å². The molecule has 2 N–H and O–H groups in total. The zero-order chi connectivity index (χ0) is 40.1. The standard InChI is InChI=1S/C46H56N4O6/c1-29(2)35(28-42(53)56-46(3,4)5)44(54)49-22-10-14-38(49)40(51)25-30-16-19-32(20-17-30)37-27-34-24-31(18-21-36(34)48-37)26-41(52)39-15-11-23-50(39)45(55)43(47-6)33-12-8-7-9-13-33/h7-9,12-13,16-21,24,27,29,35,38-39,43,47-48H,10-11,14-15,22-23,25-26,28H2,1-6H3/t35-,38+,39+,43-/m1/s1. The summed E-state index contributed by atoms with van der Waals surface area (Å²) >= 11 is 0. The number of ether oxygens (including phenoxy) is 1. The number of benzene rings is 3. The van der Waals surface area contributed by atoms with E-state index in [9.17, 15) is 24.0 Å². The molecule has 1 aromatic heterocycles. The molecule has 4 aromatic rings. The van der Waals surface area contributed by atoms with Gasteiger partial charge in [0.2, 0.25) is 11.8 Å². The maximum absolute atomic E-state index is 13.7. The van der Waals surface area contributed by atoms with E-state index in [1.54, 1.807) is 16.8 Å². The van der Waals surface area contributed by atoms with E-state index >= 15 is 0 Å². The SMILES string of the molecule is CN[C@@H](C(=O)N1CCC[C@H]1C(=O)Cc1ccc2[nH]c(-c3ccc(CC(=O)[C@@H]4CCCN4C(=O)[C@H](CC(=O)OC(C)(C)C)C(C)C)cc3)cc2c1)c1ccccc1. The lowest BCUT2D eigenvalue weighted by Crippen LogP contribution is -2.46. The third kappa shape index (κ3) is 9.46. The summed E-state index contributed by atoms with van der Waals surface area (Å²) in [6.07, 6.45) is 3.28. The number of carbonyl (C=O) groups excluding carboxylic acids is 5. The van der Waals surface area contributed by atoms with Gasteiger partial charge in [0, 0.05) is 42.5 Å².